The molecule has 0 bridgehead atoms. The minimum Gasteiger partial charge on any atom is -1.00 e. The van der Waals surface area contributed by atoms with E-state index in [-0.39, 0.29) is 52.8 Å². The molecule has 5 heavy (non-hydrogen) atoms. The van der Waals surface area contributed by atoms with Crippen LogP contribution in [0.5, 0.6) is 0 Å². The van der Waals surface area contributed by atoms with E-state index < -0.39 is 0 Å². The maximum atomic E-state index is 8.95. The first-order chi connectivity index (χ1) is 1.91. The fourth-order valence-electron chi connectivity index (χ4n) is 0. The summed E-state index contributed by atoms with van der Waals surface area (Å²) in [5.41, 5.74) is 0. The van der Waals surface area contributed by atoms with Crippen LogP contribution < -0.4 is 51.4 Å². The van der Waals surface area contributed by atoms with Crippen molar-refractivity contribution in [2.75, 3.05) is 7.11 Å². The van der Waals surface area contributed by atoms with Gasteiger partial charge in [0.2, 0.25) is 0 Å². The molecule has 0 fully saturated rings. The Hall–Kier alpha value is 1.11. The van der Waals surface area contributed by atoms with Crippen LogP contribution in [0, 0.1) is 0 Å². The smallest absolute Gasteiger partial charge is 1.00 e. The Balaban J connectivity index is -0.0000000450. The Labute approximate surface area is 74.8 Å². The van der Waals surface area contributed by atoms with E-state index in [0.717, 1.165) is 0 Å². The van der Waals surface area contributed by atoms with Crippen LogP contribution in [0.15, 0.2) is 0 Å². The monoisotopic (exact) mass is 100.0 g/mol. The first kappa shape index (κ1) is 9.44. The number of hydrogen-bond donors (Lipinski definition) is 0. The molecule has 0 radical (unpaired) electrons. The second kappa shape index (κ2) is 8.92. The third kappa shape index (κ3) is 11.1. The molecule has 3 heteroatoms. The molecule has 0 heterocycles. The van der Waals surface area contributed by atoms with Gasteiger partial charge in [0, 0.05) is 0 Å². The molecule has 0 aromatic rings. The van der Waals surface area contributed by atoms with Gasteiger partial charge in [0.15, 0.2) is 0 Å². The number of hydrogen-bond acceptors (Lipinski definition) is 2. The molecule has 26 valence electrons. The van der Waals surface area contributed by atoms with Crippen molar-refractivity contribution in [2.24, 2.45) is 0 Å². The Morgan fingerprint density at radius 1 is 2.00 bits per heavy atom. The molecule has 0 N–H and O–H groups in total. The predicted octanol–water partition coefficient (Wildman–Crippen LogP) is -3.09. The van der Waals surface area contributed by atoms with E-state index in [4.69, 9.17) is 4.79 Å². The van der Waals surface area contributed by atoms with E-state index in [1.165, 1.54) is 7.11 Å². The third-order valence-electron chi connectivity index (χ3n) is 0.0962. The van der Waals surface area contributed by atoms with Crippen molar-refractivity contribution in [2.45, 2.75) is 0 Å². The van der Waals surface area contributed by atoms with Gasteiger partial charge in [0.1, 0.15) is 0 Å². The quantitative estimate of drug-likeness (QED) is 0.258. The van der Waals surface area contributed by atoms with E-state index >= 15 is 0 Å². The first-order valence-electron chi connectivity index (χ1n) is 0.880. The van der Waals surface area contributed by atoms with E-state index in [0.29, 0.717) is 6.47 Å². The fourth-order valence-corrected chi connectivity index (χ4v) is 0. The number of carbonyl (C=O) groups excluding carboxylic acids is 1. The Kier molecular flexibility index (Phi) is 16.9. The molecule has 0 spiro atoms. The van der Waals surface area contributed by atoms with E-state index in [2.05, 4.69) is 4.74 Å². The standard InChI is InChI=1S/C2H4O2.K.H/c1-4-2-3;;/h2H,1H3;;/q;+1;-1. The van der Waals surface area contributed by atoms with Crippen molar-refractivity contribution < 1.29 is 62.3 Å². The van der Waals surface area contributed by atoms with Crippen LogP contribution in [0.2, 0.25) is 0 Å². The fraction of sp³-hybridized carbons (Fsp3) is 0.500. The van der Waals surface area contributed by atoms with Crippen LogP contribution >= 0.6 is 0 Å². The van der Waals surface area contributed by atoms with Crippen LogP contribution in [0.4, 0.5) is 0 Å². The molecule has 0 amide bonds. The van der Waals surface area contributed by atoms with Crippen molar-refractivity contribution in [3.8, 4) is 0 Å². The number of carbonyl (C=O) groups is 1. The summed E-state index contributed by atoms with van der Waals surface area (Å²) in [7, 11) is 1.31. The van der Waals surface area contributed by atoms with Crippen molar-refractivity contribution in [1.82, 2.24) is 0 Å². The summed E-state index contributed by atoms with van der Waals surface area (Å²) >= 11 is 0. The van der Waals surface area contributed by atoms with Crippen molar-refractivity contribution in [3.63, 3.8) is 0 Å². The second-order valence-corrected chi connectivity index (χ2v) is 0.332. The maximum Gasteiger partial charge on any atom is 1.00 e. The third-order valence-corrected chi connectivity index (χ3v) is 0.0962. The molecular weight excluding hydrogens is 95.1 g/mol. The molecule has 0 aromatic heterocycles. The van der Waals surface area contributed by atoms with Gasteiger partial charge in [0.25, 0.3) is 6.47 Å². The van der Waals surface area contributed by atoms with Crippen molar-refractivity contribution >= 4 is 6.47 Å². The van der Waals surface area contributed by atoms with Crippen LogP contribution in [-0.2, 0) is 9.53 Å². The summed E-state index contributed by atoms with van der Waals surface area (Å²) in [5, 5.41) is 0. The van der Waals surface area contributed by atoms with Crippen molar-refractivity contribution in [1.29, 1.82) is 0 Å². The van der Waals surface area contributed by atoms with Gasteiger partial charge in [0.05, 0.1) is 7.11 Å². The summed E-state index contributed by atoms with van der Waals surface area (Å²) in [6.07, 6.45) is 0. The Morgan fingerprint density at radius 2 is 2.20 bits per heavy atom. The van der Waals surface area contributed by atoms with E-state index in [1.54, 1.807) is 0 Å². The van der Waals surface area contributed by atoms with Gasteiger partial charge in [-0.15, -0.1) is 0 Å². The largest absolute Gasteiger partial charge is 1.00 e. The van der Waals surface area contributed by atoms with Crippen LogP contribution in [0.1, 0.15) is 1.43 Å². The van der Waals surface area contributed by atoms with Crippen LogP contribution in [0.3, 0.4) is 0 Å². The maximum absolute atomic E-state index is 8.95. The summed E-state index contributed by atoms with van der Waals surface area (Å²) in [4.78, 5) is 8.95. The van der Waals surface area contributed by atoms with Crippen molar-refractivity contribution in [3.05, 3.63) is 0 Å². The van der Waals surface area contributed by atoms with Gasteiger partial charge >= 0.3 is 51.4 Å². The average molecular weight is 100 g/mol. The first-order valence-corrected chi connectivity index (χ1v) is 0.880. The number of methoxy groups -OCH3 is 1. The Morgan fingerprint density at radius 3 is 2.20 bits per heavy atom. The molecule has 0 unspecified atom stereocenters. The molecule has 0 atom stereocenters. The molecule has 0 aromatic carbocycles. The van der Waals surface area contributed by atoms with Gasteiger partial charge in [-0.1, -0.05) is 0 Å². The van der Waals surface area contributed by atoms with Gasteiger partial charge in [-0.2, -0.15) is 0 Å². The van der Waals surface area contributed by atoms with Gasteiger partial charge in [-0.05, 0) is 0 Å². The molecule has 0 saturated carbocycles. The van der Waals surface area contributed by atoms with Gasteiger partial charge < -0.3 is 6.16 Å². The summed E-state index contributed by atoms with van der Waals surface area (Å²) in [5.74, 6) is 0. The normalized spacial score (nSPS) is 4.20. The zero-order chi connectivity index (χ0) is 3.41. The minimum atomic E-state index is 0. The molecule has 2 nitrogen and oxygen atoms in total. The predicted molar refractivity (Wildman–Crippen MR) is 14.2 cm³/mol. The molecule has 0 rings (SSSR count). The van der Waals surface area contributed by atoms with Gasteiger partial charge in [-0.3, -0.25) is 4.79 Å². The SMILES string of the molecule is COC=O.[H-].[K+]. The molecule has 0 aliphatic carbocycles. The molecule has 0 saturated heterocycles. The summed E-state index contributed by atoms with van der Waals surface area (Å²) < 4.78 is 3.86. The zero-order valence-corrected chi connectivity index (χ0v) is 6.52. The Bertz CT molecular complexity index is 25.5. The summed E-state index contributed by atoms with van der Waals surface area (Å²) in [6, 6.07) is 0. The molecular formula is C2H5KO2. The second-order valence-electron chi connectivity index (χ2n) is 0.332. The summed E-state index contributed by atoms with van der Waals surface area (Å²) in [6.45, 7) is 0.375. The minimum absolute atomic E-state index is 0. The average Bonchev–Trinajstić information content (AvgIpc) is 1.37. The van der Waals surface area contributed by atoms with E-state index in [9.17, 15) is 0 Å². The van der Waals surface area contributed by atoms with Crippen LogP contribution in [-0.4, -0.2) is 13.6 Å². The topological polar surface area (TPSA) is 26.3 Å². The molecule has 0 aliphatic rings. The van der Waals surface area contributed by atoms with E-state index in [1.807, 2.05) is 0 Å². The molecule has 0 aliphatic heterocycles. The van der Waals surface area contributed by atoms with Gasteiger partial charge in [-0.25, -0.2) is 0 Å². The number of ether oxygens (including phenoxy) is 1. The van der Waals surface area contributed by atoms with Crippen LogP contribution in [0.25, 0.3) is 0 Å². The zero-order valence-electron chi connectivity index (χ0n) is 4.39. The number of rotatable bonds is 1.